The molecule has 2 N–H and O–H groups in total. The van der Waals surface area contributed by atoms with E-state index in [0.717, 1.165) is 5.69 Å². The average molecular weight is 290 g/mol. The minimum atomic E-state index is -0.950. The zero-order chi connectivity index (χ0) is 15.9. The fourth-order valence-electron chi connectivity index (χ4n) is 2.67. The number of carbonyl (C=O) groups is 1. The predicted octanol–water partition coefficient (Wildman–Crippen LogP) is 1.38. The molecule has 0 bridgehead atoms. The molecule has 0 radical (unpaired) electrons. The van der Waals surface area contributed by atoms with Crippen LogP contribution in [0.15, 0.2) is 4.79 Å². The maximum Gasteiger partial charge on any atom is 0.352 e. The van der Waals surface area contributed by atoms with Gasteiger partial charge in [-0.3, -0.25) is 14.5 Å². The summed E-state index contributed by atoms with van der Waals surface area (Å²) < 4.78 is 1.43. The zero-order valence-corrected chi connectivity index (χ0v) is 12.7. The average Bonchev–Trinajstić information content (AvgIpc) is 2.70. The van der Waals surface area contributed by atoms with Gasteiger partial charge in [0.15, 0.2) is 0 Å². The largest absolute Gasteiger partial charge is 0.481 e. The molecule has 0 saturated heterocycles. The van der Waals surface area contributed by atoms with Crippen molar-refractivity contribution < 1.29 is 9.90 Å². The van der Waals surface area contributed by atoms with Gasteiger partial charge in [-0.1, -0.05) is 0 Å². The van der Waals surface area contributed by atoms with Gasteiger partial charge in [-0.05, 0) is 34.6 Å². The Labute approximate surface area is 121 Å². The number of hydrogen-bond acceptors (Lipinski definition) is 4. The van der Waals surface area contributed by atoms with Gasteiger partial charge in [-0.15, -0.1) is 0 Å². The second kappa shape index (κ2) is 5.16. The van der Waals surface area contributed by atoms with Gasteiger partial charge in [0, 0.05) is 17.0 Å². The van der Waals surface area contributed by atoms with Gasteiger partial charge in [0.25, 0.3) is 0 Å². The summed E-state index contributed by atoms with van der Waals surface area (Å²) in [7, 11) is 0. The minimum absolute atomic E-state index is 0.432. The number of aliphatic carboxylic acids is 1. The molecule has 0 aromatic carbocycles. The minimum Gasteiger partial charge on any atom is -0.481 e. The smallest absolute Gasteiger partial charge is 0.352 e. The van der Waals surface area contributed by atoms with Crippen LogP contribution in [0.4, 0.5) is 0 Å². The Balaban J connectivity index is 2.83. The molecule has 0 aliphatic rings. The van der Waals surface area contributed by atoms with Gasteiger partial charge in [-0.25, -0.2) is 4.79 Å². The molecule has 112 valence electrons. The van der Waals surface area contributed by atoms with Crippen LogP contribution < -0.4 is 5.69 Å². The van der Waals surface area contributed by atoms with Crippen molar-refractivity contribution >= 4 is 5.97 Å². The van der Waals surface area contributed by atoms with Crippen LogP contribution in [0.3, 0.4) is 0 Å². The van der Waals surface area contributed by atoms with Gasteiger partial charge >= 0.3 is 11.7 Å². The van der Waals surface area contributed by atoms with E-state index >= 15 is 0 Å². The maximum atomic E-state index is 12.3. The first kappa shape index (κ1) is 15.0. The van der Waals surface area contributed by atoms with Crippen LogP contribution in [-0.4, -0.2) is 30.8 Å². The van der Waals surface area contributed by atoms with Crippen LogP contribution in [0.2, 0.25) is 0 Å². The summed E-state index contributed by atoms with van der Waals surface area (Å²) in [5.74, 6) is -1.69. The molecule has 7 heteroatoms. The SMILES string of the molecule is Cc1nc(=O)n(-c2c(C)n[nH]c2C)c(C)c1C(C)C(=O)O. The molecule has 0 saturated carbocycles. The predicted molar refractivity (Wildman–Crippen MR) is 77.0 cm³/mol. The van der Waals surface area contributed by atoms with Crippen molar-refractivity contribution in [2.45, 2.75) is 40.5 Å². The molecule has 2 rings (SSSR count). The zero-order valence-electron chi connectivity index (χ0n) is 12.7. The van der Waals surface area contributed by atoms with Gasteiger partial charge in [0.2, 0.25) is 0 Å². The number of nitrogens with one attached hydrogen (secondary N) is 1. The van der Waals surface area contributed by atoms with Gasteiger partial charge in [0.05, 0.1) is 23.0 Å². The molecule has 1 atom stereocenters. The molecule has 2 heterocycles. The van der Waals surface area contributed by atoms with Gasteiger partial charge in [0.1, 0.15) is 0 Å². The number of aromatic amines is 1. The number of rotatable bonds is 3. The van der Waals surface area contributed by atoms with E-state index in [1.165, 1.54) is 4.57 Å². The molecule has 0 aliphatic carbocycles. The number of nitrogens with zero attached hydrogens (tertiary/aromatic N) is 3. The standard InChI is InChI=1S/C14H18N4O3/c1-6(13(19)20)11-7(2)15-14(21)18(10(11)5)12-8(3)16-17-9(12)4/h6H,1-5H3,(H,16,17)(H,19,20). The molecule has 0 spiro atoms. The quantitative estimate of drug-likeness (QED) is 0.889. The summed E-state index contributed by atoms with van der Waals surface area (Å²) in [6.45, 7) is 8.56. The van der Waals surface area contributed by atoms with Crippen molar-refractivity contribution in [3.63, 3.8) is 0 Å². The maximum absolute atomic E-state index is 12.3. The lowest BCUT2D eigenvalue weighted by Crippen LogP contribution is -2.28. The number of aromatic nitrogens is 4. The van der Waals surface area contributed by atoms with Crippen LogP contribution in [0, 0.1) is 27.7 Å². The molecule has 2 aromatic heterocycles. The van der Waals surface area contributed by atoms with Crippen LogP contribution in [-0.2, 0) is 4.79 Å². The normalized spacial score (nSPS) is 12.4. The number of H-pyrrole nitrogens is 1. The number of carboxylic acid groups (broad SMARTS) is 1. The van der Waals surface area contributed by atoms with E-state index in [0.29, 0.717) is 28.3 Å². The molecule has 0 fully saturated rings. The lowest BCUT2D eigenvalue weighted by atomic mass is 9.98. The van der Waals surface area contributed by atoms with Crippen molar-refractivity contribution in [3.05, 3.63) is 38.8 Å². The molecule has 1 unspecified atom stereocenters. The molecule has 21 heavy (non-hydrogen) atoms. The summed E-state index contributed by atoms with van der Waals surface area (Å²) >= 11 is 0. The Morgan fingerprint density at radius 3 is 2.33 bits per heavy atom. The molecule has 0 amide bonds. The fourth-order valence-corrected chi connectivity index (χ4v) is 2.67. The van der Waals surface area contributed by atoms with Crippen molar-refractivity contribution in [2.24, 2.45) is 0 Å². The third-order valence-corrected chi connectivity index (χ3v) is 3.69. The summed E-state index contributed by atoms with van der Waals surface area (Å²) in [6, 6.07) is 0. The Morgan fingerprint density at radius 2 is 1.86 bits per heavy atom. The third-order valence-electron chi connectivity index (χ3n) is 3.69. The van der Waals surface area contributed by atoms with E-state index in [4.69, 9.17) is 0 Å². The lowest BCUT2D eigenvalue weighted by Gasteiger charge is -2.18. The van der Waals surface area contributed by atoms with E-state index in [2.05, 4.69) is 15.2 Å². The lowest BCUT2D eigenvalue weighted by molar-refractivity contribution is -0.138. The van der Waals surface area contributed by atoms with E-state index < -0.39 is 17.6 Å². The monoisotopic (exact) mass is 290 g/mol. The first-order chi connectivity index (χ1) is 9.75. The van der Waals surface area contributed by atoms with Gasteiger partial charge in [-0.2, -0.15) is 10.1 Å². The highest BCUT2D eigenvalue weighted by atomic mass is 16.4. The van der Waals surface area contributed by atoms with Crippen LogP contribution >= 0.6 is 0 Å². The second-order valence-electron chi connectivity index (χ2n) is 5.16. The summed E-state index contributed by atoms with van der Waals surface area (Å²) in [5.41, 5.74) is 3.18. The Kier molecular flexibility index (Phi) is 3.67. The first-order valence-corrected chi connectivity index (χ1v) is 6.60. The first-order valence-electron chi connectivity index (χ1n) is 6.60. The Morgan fingerprint density at radius 1 is 1.24 bits per heavy atom. The highest BCUT2D eigenvalue weighted by molar-refractivity contribution is 5.76. The Bertz CT molecular complexity index is 754. The summed E-state index contributed by atoms with van der Waals surface area (Å²) in [5, 5.41) is 16.2. The fraction of sp³-hybridized carbons (Fsp3) is 0.429. The number of hydrogen-bond donors (Lipinski definition) is 2. The van der Waals surface area contributed by atoms with Crippen molar-refractivity contribution in [1.29, 1.82) is 0 Å². The van der Waals surface area contributed by atoms with Crippen LogP contribution in [0.25, 0.3) is 5.69 Å². The van der Waals surface area contributed by atoms with Crippen molar-refractivity contribution in [1.82, 2.24) is 19.7 Å². The van der Waals surface area contributed by atoms with Crippen LogP contribution in [0.5, 0.6) is 0 Å². The molecular formula is C14H18N4O3. The van der Waals surface area contributed by atoms with E-state index in [-0.39, 0.29) is 0 Å². The van der Waals surface area contributed by atoms with Gasteiger partial charge < -0.3 is 5.11 Å². The molecule has 0 aliphatic heterocycles. The summed E-state index contributed by atoms with van der Waals surface area (Å²) in [6.07, 6.45) is 0. The summed E-state index contributed by atoms with van der Waals surface area (Å²) in [4.78, 5) is 27.5. The molecule has 7 nitrogen and oxygen atoms in total. The number of carboxylic acids is 1. The van der Waals surface area contributed by atoms with E-state index in [1.807, 2.05) is 0 Å². The van der Waals surface area contributed by atoms with E-state index in [9.17, 15) is 14.7 Å². The van der Waals surface area contributed by atoms with E-state index in [1.54, 1.807) is 34.6 Å². The van der Waals surface area contributed by atoms with Crippen molar-refractivity contribution in [2.75, 3.05) is 0 Å². The Hall–Kier alpha value is -2.44. The highest BCUT2D eigenvalue weighted by Crippen LogP contribution is 2.24. The topological polar surface area (TPSA) is 101 Å². The third kappa shape index (κ3) is 2.35. The molecule has 2 aromatic rings. The van der Waals surface area contributed by atoms with Crippen molar-refractivity contribution in [3.8, 4) is 5.69 Å². The number of aryl methyl sites for hydroxylation is 3. The molecular weight excluding hydrogens is 272 g/mol. The highest BCUT2D eigenvalue weighted by Gasteiger charge is 2.24. The second-order valence-corrected chi connectivity index (χ2v) is 5.16. The van der Waals surface area contributed by atoms with Crippen LogP contribution in [0.1, 0.15) is 41.2 Å².